The summed E-state index contributed by atoms with van der Waals surface area (Å²) in [6.07, 6.45) is 1.76. The van der Waals surface area contributed by atoms with E-state index in [9.17, 15) is 9.59 Å². The average Bonchev–Trinajstić information content (AvgIpc) is 3.30. The van der Waals surface area contributed by atoms with Gasteiger partial charge >= 0.3 is 5.69 Å². The van der Waals surface area contributed by atoms with Crippen molar-refractivity contribution >= 4 is 33.8 Å². The zero-order valence-corrected chi connectivity index (χ0v) is 14.2. The molecular formula is C16H15ClN4O2S. The first-order chi connectivity index (χ1) is 11.5. The highest BCUT2D eigenvalue weighted by Gasteiger charge is 2.29. The van der Waals surface area contributed by atoms with Gasteiger partial charge < -0.3 is 11.6 Å². The van der Waals surface area contributed by atoms with Crippen LogP contribution in [0, 0.1) is 0 Å². The largest absolute Gasteiger partial charge is 0.350 e. The molecule has 0 spiro atoms. The predicted octanol–water partition coefficient (Wildman–Crippen LogP) is 2.05. The van der Waals surface area contributed by atoms with Gasteiger partial charge in [0.1, 0.15) is 0 Å². The Labute approximate surface area is 145 Å². The van der Waals surface area contributed by atoms with Gasteiger partial charge in [-0.3, -0.25) is 9.36 Å². The first-order valence-corrected chi connectivity index (χ1v) is 8.81. The molecule has 1 saturated carbocycles. The molecule has 2 aromatic heterocycles. The minimum Gasteiger partial charge on any atom is -0.332 e. The van der Waals surface area contributed by atoms with Crippen LogP contribution >= 0.6 is 22.9 Å². The summed E-state index contributed by atoms with van der Waals surface area (Å²) in [6, 6.07) is 5.49. The Morgan fingerprint density at radius 3 is 2.67 bits per heavy atom. The maximum atomic E-state index is 12.5. The van der Waals surface area contributed by atoms with Crippen LogP contribution in [-0.2, 0) is 6.54 Å². The molecule has 124 valence electrons. The molecule has 1 fully saturated rings. The van der Waals surface area contributed by atoms with Crippen molar-refractivity contribution in [3.05, 3.63) is 54.3 Å². The average molecular weight is 363 g/mol. The van der Waals surface area contributed by atoms with E-state index >= 15 is 0 Å². The minimum atomic E-state index is -0.534. The summed E-state index contributed by atoms with van der Waals surface area (Å²) in [4.78, 5) is 25.8. The Bertz CT molecular complexity index is 1080. The monoisotopic (exact) mass is 362 g/mol. The number of halogens is 1. The van der Waals surface area contributed by atoms with E-state index < -0.39 is 11.2 Å². The van der Waals surface area contributed by atoms with E-state index in [-0.39, 0.29) is 6.04 Å². The minimum absolute atomic E-state index is 0.0465. The van der Waals surface area contributed by atoms with Crippen LogP contribution in [-0.4, -0.2) is 9.24 Å². The lowest BCUT2D eigenvalue weighted by Crippen LogP contribution is -2.44. The maximum Gasteiger partial charge on any atom is 0.350 e. The van der Waals surface area contributed by atoms with Crippen molar-refractivity contribution in [3.63, 3.8) is 0 Å². The van der Waals surface area contributed by atoms with Gasteiger partial charge in [0.2, 0.25) is 0 Å². The van der Waals surface area contributed by atoms with Crippen LogP contribution in [0.2, 0.25) is 5.02 Å². The molecule has 0 bridgehead atoms. The zero-order valence-electron chi connectivity index (χ0n) is 12.7. The molecular weight excluding hydrogens is 348 g/mol. The first-order valence-electron chi connectivity index (χ1n) is 7.55. The lowest BCUT2D eigenvalue weighted by Gasteiger charge is -2.14. The van der Waals surface area contributed by atoms with Crippen LogP contribution in [0.5, 0.6) is 0 Å². The number of fused-ring (bicyclic) bond motifs is 1. The van der Waals surface area contributed by atoms with Gasteiger partial charge in [0, 0.05) is 23.0 Å². The van der Waals surface area contributed by atoms with Crippen LogP contribution in [0.1, 0.15) is 23.8 Å². The number of nitrogens with zero attached hydrogens (tertiary/aromatic N) is 2. The Morgan fingerprint density at radius 2 is 2.04 bits per heavy atom. The van der Waals surface area contributed by atoms with Crippen LogP contribution < -0.4 is 22.8 Å². The van der Waals surface area contributed by atoms with Crippen molar-refractivity contribution in [2.45, 2.75) is 25.4 Å². The number of nitrogens with two attached hydrogens (primary N) is 2. The highest BCUT2D eigenvalue weighted by Crippen LogP contribution is 2.40. The Balaban J connectivity index is 2.08. The standard InChI is InChI=1S/C16H15ClN4O2S/c17-13-11(8-5-10(6-18)24-7-8)3-4-12-14(13)20(9-1-2-9)16(23)21(19)15(12)22/h3-5,7,9H,1-2,6,18-19H2. The molecule has 0 atom stereocenters. The number of hydrogen-bond donors (Lipinski definition) is 2. The lowest BCUT2D eigenvalue weighted by molar-refractivity contribution is 0.664. The fraction of sp³-hybridized carbons (Fsp3) is 0.250. The lowest BCUT2D eigenvalue weighted by atomic mass is 10.1. The summed E-state index contributed by atoms with van der Waals surface area (Å²) in [5.74, 6) is 5.65. The van der Waals surface area contributed by atoms with Crippen molar-refractivity contribution in [2.75, 3.05) is 5.84 Å². The van der Waals surface area contributed by atoms with Gasteiger partial charge in [0.25, 0.3) is 5.56 Å². The summed E-state index contributed by atoms with van der Waals surface area (Å²) >= 11 is 8.18. The Kier molecular flexibility index (Phi) is 3.52. The predicted molar refractivity (Wildman–Crippen MR) is 97.1 cm³/mol. The second-order valence-corrected chi connectivity index (χ2v) is 7.26. The van der Waals surface area contributed by atoms with Gasteiger partial charge in [0.15, 0.2) is 0 Å². The normalized spacial score (nSPS) is 14.4. The van der Waals surface area contributed by atoms with E-state index in [1.807, 2.05) is 11.4 Å². The highest BCUT2D eigenvalue weighted by molar-refractivity contribution is 7.10. The Hall–Kier alpha value is -2.09. The van der Waals surface area contributed by atoms with Crippen molar-refractivity contribution in [1.29, 1.82) is 0 Å². The van der Waals surface area contributed by atoms with Gasteiger partial charge in [-0.05, 0) is 35.9 Å². The van der Waals surface area contributed by atoms with Gasteiger partial charge in [-0.15, -0.1) is 11.3 Å². The number of benzene rings is 1. The fourth-order valence-electron chi connectivity index (χ4n) is 2.92. The van der Waals surface area contributed by atoms with Crippen LogP contribution in [0.25, 0.3) is 22.0 Å². The molecule has 4 rings (SSSR count). The van der Waals surface area contributed by atoms with E-state index in [4.69, 9.17) is 23.2 Å². The van der Waals surface area contributed by atoms with Crippen LogP contribution in [0.3, 0.4) is 0 Å². The van der Waals surface area contributed by atoms with Crippen molar-refractivity contribution < 1.29 is 0 Å². The molecule has 1 aromatic carbocycles. The van der Waals surface area contributed by atoms with Crippen molar-refractivity contribution in [2.24, 2.45) is 5.73 Å². The SMILES string of the molecule is NCc1cc(-c2ccc3c(=O)n(N)c(=O)n(C4CC4)c3c2Cl)cs1. The van der Waals surface area contributed by atoms with E-state index in [0.717, 1.165) is 28.8 Å². The second-order valence-electron chi connectivity index (χ2n) is 5.89. The molecule has 2 heterocycles. The third kappa shape index (κ3) is 2.20. The molecule has 24 heavy (non-hydrogen) atoms. The summed E-state index contributed by atoms with van der Waals surface area (Å²) in [5.41, 5.74) is 6.79. The molecule has 0 aliphatic heterocycles. The molecule has 0 saturated heterocycles. The van der Waals surface area contributed by atoms with Crippen molar-refractivity contribution in [3.8, 4) is 11.1 Å². The first kappa shape index (κ1) is 15.4. The third-order valence-corrected chi connectivity index (χ3v) is 5.64. The molecule has 8 heteroatoms. The zero-order chi connectivity index (χ0) is 17.0. The van der Waals surface area contributed by atoms with E-state index in [0.29, 0.717) is 27.1 Å². The van der Waals surface area contributed by atoms with Gasteiger partial charge in [-0.2, -0.15) is 4.68 Å². The summed E-state index contributed by atoms with van der Waals surface area (Å²) < 4.78 is 2.21. The van der Waals surface area contributed by atoms with Gasteiger partial charge in [-0.25, -0.2) is 4.79 Å². The summed E-state index contributed by atoms with van der Waals surface area (Å²) in [6.45, 7) is 0.459. The van der Waals surface area contributed by atoms with Crippen molar-refractivity contribution in [1.82, 2.24) is 9.24 Å². The molecule has 4 N–H and O–H groups in total. The number of rotatable bonds is 3. The molecule has 3 aromatic rings. The van der Waals surface area contributed by atoms with E-state index in [2.05, 4.69) is 0 Å². The quantitative estimate of drug-likeness (QED) is 0.697. The molecule has 1 aliphatic rings. The second kappa shape index (κ2) is 5.47. The number of aromatic nitrogens is 2. The molecule has 0 unspecified atom stereocenters. The molecule has 0 amide bonds. The summed E-state index contributed by atoms with van der Waals surface area (Å²) in [7, 11) is 0. The molecule has 1 aliphatic carbocycles. The Morgan fingerprint density at radius 1 is 1.29 bits per heavy atom. The number of nitrogen functional groups attached to an aromatic ring is 1. The number of hydrogen-bond acceptors (Lipinski definition) is 5. The highest BCUT2D eigenvalue weighted by atomic mass is 35.5. The molecule has 0 radical (unpaired) electrons. The van der Waals surface area contributed by atoms with Gasteiger partial charge in [0.05, 0.1) is 15.9 Å². The maximum absolute atomic E-state index is 12.5. The summed E-state index contributed by atoms with van der Waals surface area (Å²) in [5, 5.41) is 2.72. The molecule has 6 nitrogen and oxygen atoms in total. The smallest absolute Gasteiger partial charge is 0.332 e. The van der Waals surface area contributed by atoms with Crippen LogP contribution in [0.4, 0.5) is 0 Å². The van der Waals surface area contributed by atoms with Gasteiger partial charge in [-0.1, -0.05) is 17.7 Å². The van der Waals surface area contributed by atoms with Crippen LogP contribution in [0.15, 0.2) is 33.2 Å². The van der Waals surface area contributed by atoms with E-state index in [1.165, 1.54) is 0 Å². The third-order valence-electron chi connectivity index (χ3n) is 4.30. The van der Waals surface area contributed by atoms with E-state index in [1.54, 1.807) is 28.0 Å². The number of thiophene rings is 1. The topological polar surface area (TPSA) is 96.0 Å². The fourth-order valence-corrected chi connectivity index (χ4v) is 4.05.